The van der Waals surface area contributed by atoms with Gasteiger partial charge < -0.3 is 39.1 Å². The first-order valence-corrected chi connectivity index (χ1v) is 18.2. The predicted molar refractivity (Wildman–Crippen MR) is 182 cm³/mol. The number of benzene rings is 3. The maximum atomic E-state index is 13.1. The van der Waals surface area contributed by atoms with Gasteiger partial charge in [-0.25, -0.2) is 9.55 Å². The number of methoxy groups -OCH3 is 2. The molecule has 53 heavy (non-hydrogen) atoms. The van der Waals surface area contributed by atoms with Crippen LogP contribution in [0.3, 0.4) is 0 Å². The number of phosphoric acid groups is 1. The third-order valence-corrected chi connectivity index (χ3v) is 10.2. The van der Waals surface area contributed by atoms with Crippen molar-refractivity contribution in [1.29, 1.82) is 0 Å². The van der Waals surface area contributed by atoms with Crippen LogP contribution in [-0.2, 0) is 23.9 Å². The van der Waals surface area contributed by atoms with Gasteiger partial charge in [-0.15, -0.1) is 0 Å². The number of aliphatic hydroxyl groups is 2. The van der Waals surface area contributed by atoms with E-state index in [-0.39, 0.29) is 51.3 Å². The van der Waals surface area contributed by atoms with Crippen LogP contribution in [0.25, 0.3) is 44.6 Å². The number of ether oxygens (including phenoxy) is 3. The molecule has 7 N–H and O–H groups in total. The lowest BCUT2D eigenvalue weighted by Gasteiger charge is -2.20. The molecular weight excluding hydrogens is 745 g/mol. The smallest absolute Gasteiger partial charge is 0.496 e. The molecule has 4 heterocycles. The Kier molecular flexibility index (Phi) is 8.99. The molecule has 2 aromatic carbocycles. The zero-order valence-electron chi connectivity index (χ0n) is 27.3. The molecule has 22 heteroatoms. The molecule has 278 valence electrons. The minimum Gasteiger partial charge on any atom is -0.496 e. The number of phosphoric ester groups is 1. The van der Waals surface area contributed by atoms with Gasteiger partial charge in [0.15, 0.2) is 22.8 Å². The largest absolute Gasteiger partial charge is 0.527 e. The Morgan fingerprint density at radius 2 is 1.77 bits per heavy atom. The number of fused-ring (bicyclic) bond motifs is 3. The molecule has 2 aliphatic heterocycles. The zero-order chi connectivity index (χ0) is 38.0. The molecule has 5 unspecified atom stereocenters. The normalized spacial score (nSPS) is 20.2. The van der Waals surface area contributed by atoms with E-state index in [9.17, 15) is 42.2 Å². The number of H-pyrrole nitrogens is 1. The molecule has 3 aliphatic rings. The van der Waals surface area contributed by atoms with Gasteiger partial charge in [-0.3, -0.25) is 33.1 Å². The molecular formula is C31H28N5O15PS. The summed E-state index contributed by atoms with van der Waals surface area (Å²) < 4.78 is 81.5. The fourth-order valence-corrected chi connectivity index (χ4v) is 7.45. The van der Waals surface area contributed by atoms with Gasteiger partial charge in [-0.1, -0.05) is 0 Å². The van der Waals surface area contributed by atoms with Crippen molar-refractivity contribution in [2.24, 2.45) is 0 Å². The van der Waals surface area contributed by atoms with Gasteiger partial charge in [0.1, 0.15) is 51.8 Å². The minimum atomic E-state index is -4.98. The third-order valence-electron chi connectivity index (χ3n) is 8.38. The number of nitrogen functional groups attached to an aromatic ring is 1. The topological polar surface area (TPSA) is 298 Å². The van der Waals surface area contributed by atoms with Gasteiger partial charge in [0.25, 0.3) is 15.7 Å². The summed E-state index contributed by atoms with van der Waals surface area (Å²) in [7, 11) is -7.24. The Balaban J connectivity index is 1.19. The molecule has 20 nitrogen and oxygen atoms in total. The molecule has 0 spiro atoms. The number of aromatic amines is 1. The number of hydrogen-bond acceptors (Lipinski definition) is 16. The average Bonchev–Trinajstić information content (AvgIpc) is 3.64. The van der Waals surface area contributed by atoms with Crippen LogP contribution in [0.5, 0.6) is 17.2 Å². The molecule has 4 aromatic rings. The summed E-state index contributed by atoms with van der Waals surface area (Å²) in [5.41, 5.74) is 5.20. The van der Waals surface area contributed by atoms with Gasteiger partial charge in [-0.05, 0) is 30.3 Å². The summed E-state index contributed by atoms with van der Waals surface area (Å²) in [5.74, 6) is -0.515. The fourth-order valence-electron chi connectivity index (χ4n) is 6.02. The first-order valence-electron chi connectivity index (χ1n) is 15.2. The van der Waals surface area contributed by atoms with E-state index in [1.807, 2.05) is 0 Å². The van der Waals surface area contributed by atoms with Gasteiger partial charge in [0.05, 0.1) is 27.2 Å². The minimum absolute atomic E-state index is 0.00281. The monoisotopic (exact) mass is 773 g/mol. The van der Waals surface area contributed by atoms with Crippen molar-refractivity contribution >= 4 is 46.0 Å². The first kappa shape index (κ1) is 36.0. The van der Waals surface area contributed by atoms with Gasteiger partial charge in [0.2, 0.25) is 5.95 Å². The molecule has 7 rings (SSSR count). The zero-order valence-corrected chi connectivity index (χ0v) is 29.0. The maximum absolute atomic E-state index is 13.1. The first-order chi connectivity index (χ1) is 25.1. The molecule has 0 bridgehead atoms. The number of aliphatic hydroxyl groups excluding tert-OH is 2. The highest BCUT2D eigenvalue weighted by Crippen LogP contribution is 2.49. The summed E-state index contributed by atoms with van der Waals surface area (Å²) in [6.45, 7) is -0.752. The second-order valence-electron chi connectivity index (χ2n) is 11.6. The lowest BCUT2D eigenvalue weighted by atomic mass is 9.93. The number of nitrogens with zero attached hydrogens (tertiary/aromatic N) is 3. The lowest BCUT2D eigenvalue weighted by molar-refractivity contribution is -0.0501. The molecule has 1 aliphatic carbocycles. The van der Waals surface area contributed by atoms with Crippen LogP contribution < -0.4 is 30.7 Å². The van der Waals surface area contributed by atoms with E-state index in [0.717, 1.165) is 12.4 Å². The van der Waals surface area contributed by atoms with Crippen molar-refractivity contribution < 1.29 is 60.3 Å². The van der Waals surface area contributed by atoms with Gasteiger partial charge in [-0.2, -0.15) is 13.4 Å². The maximum Gasteiger partial charge on any atom is 0.527 e. The summed E-state index contributed by atoms with van der Waals surface area (Å²) in [4.78, 5) is 44.8. The number of aromatic nitrogens is 4. The van der Waals surface area contributed by atoms with Crippen LogP contribution in [0.1, 0.15) is 6.23 Å². The fraction of sp³-hybridized carbons (Fsp3) is 0.226. The Labute approximate surface area is 296 Å². The third kappa shape index (κ3) is 6.60. The number of anilines is 1. The highest BCUT2D eigenvalue weighted by molar-refractivity contribution is 7.86. The Hall–Kier alpha value is -5.38. The van der Waals surface area contributed by atoms with E-state index in [2.05, 4.69) is 15.0 Å². The van der Waals surface area contributed by atoms with E-state index in [1.54, 1.807) is 0 Å². The summed E-state index contributed by atoms with van der Waals surface area (Å²) in [5, 5.41) is 21.7. The SMILES string of the molecule is COc1cc(OC)c(S(=O)(=O)O)cc1-c1c2ccc(=O)cc-2oc2cc(OP(=O)(O)OCC3OC(n4cnc5c(=O)[nH]c(N)nc54)C(O)C3O)ccc12. The molecule has 0 amide bonds. The highest BCUT2D eigenvalue weighted by atomic mass is 32.2. The summed E-state index contributed by atoms with van der Waals surface area (Å²) >= 11 is 0. The van der Waals surface area contributed by atoms with Gasteiger partial charge >= 0.3 is 7.82 Å². The van der Waals surface area contributed by atoms with Crippen LogP contribution in [0, 0.1) is 0 Å². The molecule has 0 radical (unpaired) electrons. The van der Waals surface area contributed by atoms with Crippen LogP contribution >= 0.6 is 7.82 Å². The van der Waals surface area contributed by atoms with Crippen LogP contribution in [0.4, 0.5) is 5.95 Å². The van der Waals surface area contributed by atoms with Crippen LogP contribution in [-0.4, -0.2) is 86.7 Å². The van der Waals surface area contributed by atoms with Crippen molar-refractivity contribution in [2.75, 3.05) is 26.6 Å². The molecule has 1 saturated heterocycles. The molecule has 2 aromatic heterocycles. The van der Waals surface area contributed by atoms with E-state index >= 15 is 0 Å². The van der Waals surface area contributed by atoms with Crippen molar-refractivity contribution in [3.63, 3.8) is 0 Å². The number of imidazole rings is 1. The number of nitrogens with one attached hydrogen (secondary N) is 1. The Morgan fingerprint density at radius 1 is 1.02 bits per heavy atom. The van der Waals surface area contributed by atoms with E-state index in [0.29, 0.717) is 16.5 Å². The van der Waals surface area contributed by atoms with Gasteiger partial charge in [0, 0.05) is 40.3 Å². The van der Waals surface area contributed by atoms with Crippen molar-refractivity contribution in [2.45, 2.75) is 29.4 Å². The Morgan fingerprint density at radius 3 is 2.49 bits per heavy atom. The number of nitrogens with two attached hydrogens (primary N) is 1. The number of hydrogen-bond donors (Lipinski definition) is 6. The van der Waals surface area contributed by atoms with Crippen LogP contribution in [0.15, 0.2) is 73.8 Å². The van der Waals surface area contributed by atoms with E-state index in [4.69, 9.17) is 33.4 Å². The predicted octanol–water partition coefficient (Wildman–Crippen LogP) is 1.66. The van der Waals surface area contributed by atoms with E-state index < -0.39 is 65.0 Å². The average molecular weight is 774 g/mol. The molecule has 1 fully saturated rings. The number of rotatable bonds is 10. The molecule has 5 atom stereocenters. The summed E-state index contributed by atoms with van der Waals surface area (Å²) in [6.07, 6.45) is -4.81. The molecule has 0 saturated carbocycles. The van der Waals surface area contributed by atoms with Crippen molar-refractivity contribution in [1.82, 2.24) is 19.5 Å². The van der Waals surface area contributed by atoms with Crippen molar-refractivity contribution in [3.05, 3.63) is 75.4 Å². The van der Waals surface area contributed by atoms with Crippen molar-refractivity contribution in [3.8, 4) is 39.7 Å². The second-order valence-corrected chi connectivity index (χ2v) is 14.4. The quantitative estimate of drug-likeness (QED) is 0.0655. The lowest BCUT2D eigenvalue weighted by Crippen LogP contribution is -2.33. The Bertz CT molecular complexity index is 2660. The standard InChI is InChI=1S/C31H28N5O15PS/c1-46-18-10-21(47-2)23(53(43,44)45)9-17(18)24-15-5-3-13(37)7-19(15)49-20-8-14(4-6-16(20)24)51-52(41,42)48-11-22-26(38)27(39)30(50-22)36-12-33-25-28(36)34-31(32)35-29(25)40/h3-10,12,22,26-27,30,38-39H,11H2,1-2H3,(H,41,42)(H,43,44,45)(H3,32,34,35,40). The second kappa shape index (κ2) is 13.2. The summed E-state index contributed by atoms with van der Waals surface area (Å²) in [6, 6.07) is 10.2. The highest BCUT2D eigenvalue weighted by Gasteiger charge is 2.45. The van der Waals surface area contributed by atoms with E-state index in [1.165, 1.54) is 61.3 Å². The van der Waals surface area contributed by atoms with Crippen LogP contribution in [0.2, 0.25) is 0 Å².